The SMILES string of the molecule is CC(C)NCc1nc(CN(C)CC2CCCC2)cs1. The maximum atomic E-state index is 4.71. The zero-order valence-corrected chi connectivity index (χ0v) is 13.3. The Bertz CT molecular complexity index is 369. The fourth-order valence-corrected chi connectivity index (χ4v) is 3.50. The molecule has 4 heteroatoms. The molecule has 2 rings (SSSR count). The average molecular weight is 281 g/mol. The molecular weight excluding hydrogens is 254 g/mol. The van der Waals surface area contributed by atoms with E-state index in [1.54, 1.807) is 11.3 Å². The number of thiazole rings is 1. The van der Waals surface area contributed by atoms with Gasteiger partial charge >= 0.3 is 0 Å². The highest BCUT2D eigenvalue weighted by Crippen LogP contribution is 2.25. The molecule has 108 valence electrons. The van der Waals surface area contributed by atoms with Crippen molar-refractivity contribution < 1.29 is 0 Å². The van der Waals surface area contributed by atoms with E-state index in [2.05, 4.69) is 36.5 Å². The molecule has 3 nitrogen and oxygen atoms in total. The molecule has 0 bridgehead atoms. The van der Waals surface area contributed by atoms with Crippen molar-refractivity contribution in [3.05, 3.63) is 16.1 Å². The lowest BCUT2D eigenvalue weighted by molar-refractivity contribution is 0.269. The van der Waals surface area contributed by atoms with E-state index in [4.69, 9.17) is 4.98 Å². The third kappa shape index (κ3) is 5.21. The molecule has 1 aromatic heterocycles. The summed E-state index contributed by atoms with van der Waals surface area (Å²) in [5, 5.41) is 6.84. The van der Waals surface area contributed by atoms with Crippen LogP contribution < -0.4 is 5.32 Å². The first-order valence-electron chi connectivity index (χ1n) is 7.48. The standard InChI is InChI=1S/C15H27N3S/c1-12(2)16-8-15-17-14(11-19-15)10-18(3)9-13-6-4-5-7-13/h11-13,16H,4-10H2,1-3H3. The molecular formula is C15H27N3S. The summed E-state index contributed by atoms with van der Waals surface area (Å²) in [6.07, 6.45) is 5.70. The Morgan fingerprint density at radius 2 is 2.16 bits per heavy atom. The van der Waals surface area contributed by atoms with Crippen LogP contribution in [0.2, 0.25) is 0 Å². The molecule has 0 aromatic carbocycles. The highest BCUT2D eigenvalue weighted by atomic mass is 32.1. The lowest BCUT2D eigenvalue weighted by Crippen LogP contribution is -2.24. The smallest absolute Gasteiger partial charge is 0.107 e. The summed E-state index contributed by atoms with van der Waals surface area (Å²) in [6, 6.07) is 0.525. The zero-order chi connectivity index (χ0) is 13.7. The van der Waals surface area contributed by atoms with Gasteiger partial charge in [-0.15, -0.1) is 11.3 Å². The van der Waals surface area contributed by atoms with E-state index in [0.717, 1.165) is 19.0 Å². The normalized spacial score (nSPS) is 16.9. The topological polar surface area (TPSA) is 28.2 Å². The molecule has 1 N–H and O–H groups in total. The van der Waals surface area contributed by atoms with Crippen molar-refractivity contribution in [1.82, 2.24) is 15.2 Å². The van der Waals surface area contributed by atoms with Gasteiger partial charge in [0.1, 0.15) is 5.01 Å². The summed E-state index contributed by atoms with van der Waals surface area (Å²) < 4.78 is 0. The monoisotopic (exact) mass is 281 g/mol. The van der Waals surface area contributed by atoms with Gasteiger partial charge in [-0.2, -0.15) is 0 Å². The molecule has 1 fully saturated rings. The Hall–Kier alpha value is -0.450. The fraction of sp³-hybridized carbons (Fsp3) is 0.800. The van der Waals surface area contributed by atoms with Crippen molar-refractivity contribution in [2.24, 2.45) is 5.92 Å². The van der Waals surface area contributed by atoms with Crippen LogP contribution in [0.4, 0.5) is 0 Å². The molecule has 0 radical (unpaired) electrons. The second kappa shape index (κ2) is 7.36. The third-order valence-electron chi connectivity index (χ3n) is 3.74. The van der Waals surface area contributed by atoms with Crippen LogP contribution in [0, 0.1) is 5.92 Å². The van der Waals surface area contributed by atoms with Gasteiger partial charge in [-0.3, -0.25) is 0 Å². The van der Waals surface area contributed by atoms with Gasteiger partial charge in [-0.05, 0) is 25.8 Å². The van der Waals surface area contributed by atoms with Crippen molar-refractivity contribution in [3.63, 3.8) is 0 Å². The van der Waals surface area contributed by atoms with Gasteiger partial charge in [0.15, 0.2) is 0 Å². The van der Waals surface area contributed by atoms with Gasteiger partial charge in [-0.1, -0.05) is 26.7 Å². The van der Waals surface area contributed by atoms with Gasteiger partial charge in [0.05, 0.1) is 5.69 Å². The summed E-state index contributed by atoms with van der Waals surface area (Å²) in [7, 11) is 2.23. The number of aromatic nitrogens is 1. The van der Waals surface area contributed by atoms with E-state index >= 15 is 0 Å². The number of nitrogens with one attached hydrogen (secondary N) is 1. The molecule has 1 saturated carbocycles. The third-order valence-corrected chi connectivity index (χ3v) is 4.64. The van der Waals surface area contributed by atoms with E-state index in [1.165, 1.54) is 42.9 Å². The highest BCUT2D eigenvalue weighted by molar-refractivity contribution is 7.09. The number of rotatable bonds is 7. The molecule has 19 heavy (non-hydrogen) atoms. The molecule has 0 aliphatic heterocycles. The minimum absolute atomic E-state index is 0.525. The second-order valence-corrected chi connectivity index (χ2v) is 7.06. The summed E-state index contributed by atoms with van der Waals surface area (Å²) in [5.74, 6) is 0.922. The molecule has 0 amide bonds. The quantitative estimate of drug-likeness (QED) is 0.831. The van der Waals surface area contributed by atoms with Gasteiger partial charge < -0.3 is 10.2 Å². The van der Waals surface area contributed by atoms with E-state index < -0.39 is 0 Å². The van der Waals surface area contributed by atoms with Crippen molar-refractivity contribution in [2.75, 3.05) is 13.6 Å². The zero-order valence-electron chi connectivity index (χ0n) is 12.5. The van der Waals surface area contributed by atoms with E-state index in [9.17, 15) is 0 Å². The second-order valence-electron chi connectivity index (χ2n) is 6.12. The number of nitrogens with zero attached hydrogens (tertiary/aromatic N) is 2. The van der Waals surface area contributed by atoms with Crippen LogP contribution in [0.5, 0.6) is 0 Å². The van der Waals surface area contributed by atoms with Crippen LogP contribution in [0.25, 0.3) is 0 Å². The van der Waals surface area contributed by atoms with Crippen molar-refractivity contribution in [3.8, 4) is 0 Å². The molecule has 1 aliphatic rings. The first-order chi connectivity index (χ1) is 9.13. The van der Waals surface area contributed by atoms with Gasteiger partial charge in [0.25, 0.3) is 0 Å². The Kier molecular flexibility index (Phi) is 5.79. The molecule has 0 saturated heterocycles. The summed E-state index contributed by atoms with van der Waals surface area (Å²) in [5.41, 5.74) is 1.23. The molecule has 1 aromatic rings. The van der Waals surface area contributed by atoms with Crippen LogP contribution in [0.1, 0.15) is 50.2 Å². The fourth-order valence-electron chi connectivity index (χ4n) is 2.77. The Morgan fingerprint density at radius 1 is 1.42 bits per heavy atom. The van der Waals surface area contributed by atoms with Crippen LogP contribution >= 0.6 is 11.3 Å². The first kappa shape index (κ1) is 14.9. The van der Waals surface area contributed by atoms with Crippen molar-refractivity contribution in [1.29, 1.82) is 0 Å². The Balaban J connectivity index is 1.75. The van der Waals surface area contributed by atoms with Gasteiger partial charge in [-0.25, -0.2) is 4.98 Å². The van der Waals surface area contributed by atoms with Crippen LogP contribution in [-0.4, -0.2) is 29.5 Å². The Labute approximate surface area is 121 Å². The largest absolute Gasteiger partial charge is 0.308 e. The number of hydrogen-bond donors (Lipinski definition) is 1. The van der Waals surface area contributed by atoms with Gasteiger partial charge in [0, 0.05) is 31.1 Å². The molecule has 0 unspecified atom stereocenters. The number of hydrogen-bond acceptors (Lipinski definition) is 4. The maximum absolute atomic E-state index is 4.71. The van der Waals surface area contributed by atoms with E-state index in [-0.39, 0.29) is 0 Å². The minimum atomic E-state index is 0.525. The maximum Gasteiger partial charge on any atom is 0.107 e. The summed E-state index contributed by atoms with van der Waals surface area (Å²) in [4.78, 5) is 7.15. The van der Waals surface area contributed by atoms with E-state index in [1.807, 2.05) is 0 Å². The summed E-state index contributed by atoms with van der Waals surface area (Å²) >= 11 is 1.78. The van der Waals surface area contributed by atoms with Crippen LogP contribution in [-0.2, 0) is 13.1 Å². The van der Waals surface area contributed by atoms with Crippen molar-refractivity contribution in [2.45, 2.75) is 58.7 Å². The molecule has 0 atom stereocenters. The predicted molar refractivity (Wildman–Crippen MR) is 82.4 cm³/mol. The van der Waals surface area contributed by atoms with Gasteiger partial charge in [0.2, 0.25) is 0 Å². The highest BCUT2D eigenvalue weighted by Gasteiger charge is 2.17. The van der Waals surface area contributed by atoms with Crippen LogP contribution in [0.15, 0.2) is 5.38 Å². The minimum Gasteiger partial charge on any atom is -0.308 e. The lowest BCUT2D eigenvalue weighted by atomic mass is 10.1. The average Bonchev–Trinajstić information content (AvgIpc) is 2.98. The van der Waals surface area contributed by atoms with Crippen LogP contribution in [0.3, 0.4) is 0 Å². The molecule has 1 aliphatic carbocycles. The Morgan fingerprint density at radius 3 is 2.84 bits per heavy atom. The first-order valence-corrected chi connectivity index (χ1v) is 8.36. The van der Waals surface area contributed by atoms with E-state index in [0.29, 0.717) is 6.04 Å². The molecule has 0 spiro atoms. The predicted octanol–water partition coefficient (Wildman–Crippen LogP) is 3.26. The summed E-state index contributed by atoms with van der Waals surface area (Å²) in [6.45, 7) is 7.47. The molecule has 1 heterocycles. The van der Waals surface area contributed by atoms with Crippen molar-refractivity contribution >= 4 is 11.3 Å². The lowest BCUT2D eigenvalue weighted by Gasteiger charge is -2.19.